The fourth-order valence-corrected chi connectivity index (χ4v) is 2.64. The molecule has 0 aliphatic heterocycles. The molecule has 0 aliphatic rings. The Morgan fingerprint density at radius 3 is 2.17 bits per heavy atom. The highest BCUT2D eigenvalue weighted by atomic mass is 32.2. The molecule has 1 heterocycles. The first-order chi connectivity index (χ1) is 10.7. The van der Waals surface area contributed by atoms with Gasteiger partial charge in [-0.3, -0.25) is 4.72 Å². The van der Waals surface area contributed by atoms with Gasteiger partial charge in [0.05, 0.1) is 5.75 Å². The van der Waals surface area contributed by atoms with E-state index in [1.165, 1.54) is 0 Å². The van der Waals surface area contributed by atoms with Crippen molar-refractivity contribution in [1.29, 1.82) is 0 Å². The fourth-order valence-electron chi connectivity index (χ4n) is 2.07. The Morgan fingerprint density at radius 1 is 1.00 bits per heavy atom. The maximum Gasteiger partial charge on any atom is 0.233 e. The summed E-state index contributed by atoms with van der Waals surface area (Å²) in [6.07, 6.45) is 0. The van der Waals surface area contributed by atoms with Crippen molar-refractivity contribution in [2.75, 3.05) is 15.8 Å². The zero-order valence-corrected chi connectivity index (χ0v) is 14.6. The van der Waals surface area contributed by atoms with E-state index in [1.54, 1.807) is 19.1 Å². The van der Waals surface area contributed by atoms with Crippen molar-refractivity contribution in [3.05, 3.63) is 42.0 Å². The smallest absolute Gasteiger partial charge is 0.233 e. The largest absolute Gasteiger partial charge is 0.338 e. The SMILES string of the molecule is CCS(=O)(=O)Nc1ccc(Nc2ccccc2C(C)(C)C)nn1. The second-order valence-corrected chi connectivity index (χ2v) is 8.24. The minimum Gasteiger partial charge on any atom is -0.338 e. The lowest BCUT2D eigenvalue weighted by Crippen LogP contribution is -2.16. The third-order valence-corrected chi connectivity index (χ3v) is 4.58. The lowest BCUT2D eigenvalue weighted by Gasteiger charge is -2.23. The van der Waals surface area contributed by atoms with Crippen molar-refractivity contribution in [3.63, 3.8) is 0 Å². The molecule has 0 unspecified atom stereocenters. The van der Waals surface area contributed by atoms with Crippen molar-refractivity contribution >= 4 is 27.3 Å². The Bertz CT molecular complexity index is 765. The average Bonchev–Trinajstić information content (AvgIpc) is 2.48. The molecule has 1 aromatic carbocycles. The Morgan fingerprint density at radius 2 is 1.61 bits per heavy atom. The van der Waals surface area contributed by atoms with Crippen LogP contribution >= 0.6 is 0 Å². The van der Waals surface area contributed by atoms with Crippen molar-refractivity contribution in [2.24, 2.45) is 0 Å². The van der Waals surface area contributed by atoms with Crippen LogP contribution in [0.25, 0.3) is 0 Å². The number of nitrogens with one attached hydrogen (secondary N) is 2. The lowest BCUT2D eigenvalue weighted by atomic mass is 9.86. The van der Waals surface area contributed by atoms with Gasteiger partial charge in [-0.2, -0.15) is 0 Å². The van der Waals surface area contributed by atoms with Gasteiger partial charge in [-0.05, 0) is 36.1 Å². The summed E-state index contributed by atoms with van der Waals surface area (Å²) in [6, 6.07) is 11.3. The number of rotatable bonds is 5. The highest BCUT2D eigenvalue weighted by Gasteiger charge is 2.17. The van der Waals surface area contributed by atoms with E-state index in [0.717, 1.165) is 11.3 Å². The number of aromatic nitrogens is 2. The molecular formula is C16H22N4O2S. The molecule has 7 heteroatoms. The van der Waals surface area contributed by atoms with Crippen LogP contribution in [0.15, 0.2) is 36.4 Å². The van der Waals surface area contributed by atoms with Gasteiger partial charge in [0.2, 0.25) is 10.0 Å². The predicted octanol–water partition coefficient (Wildman–Crippen LogP) is 3.28. The van der Waals surface area contributed by atoms with Gasteiger partial charge in [0.1, 0.15) is 0 Å². The van der Waals surface area contributed by atoms with Crippen LogP contribution in [0.2, 0.25) is 0 Å². The highest BCUT2D eigenvalue weighted by Crippen LogP contribution is 2.30. The molecule has 1 aromatic heterocycles. The number of hydrogen-bond acceptors (Lipinski definition) is 5. The van der Waals surface area contributed by atoms with E-state index in [-0.39, 0.29) is 17.0 Å². The Balaban J connectivity index is 2.20. The third-order valence-electron chi connectivity index (χ3n) is 3.30. The van der Waals surface area contributed by atoms with Crippen LogP contribution in [-0.2, 0) is 15.4 Å². The molecule has 0 radical (unpaired) electrons. The molecule has 0 fully saturated rings. The van der Waals surface area contributed by atoms with Crippen molar-refractivity contribution < 1.29 is 8.42 Å². The van der Waals surface area contributed by atoms with E-state index >= 15 is 0 Å². The maximum atomic E-state index is 11.5. The maximum absolute atomic E-state index is 11.5. The van der Waals surface area contributed by atoms with Gasteiger partial charge in [0.25, 0.3) is 0 Å². The van der Waals surface area contributed by atoms with E-state index in [4.69, 9.17) is 0 Å². The molecule has 2 rings (SSSR count). The van der Waals surface area contributed by atoms with Crippen LogP contribution in [-0.4, -0.2) is 24.4 Å². The Labute approximate surface area is 137 Å². The zero-order valence-electron chi connectivity index (χ0n) is 13.8. The predicted molar refractivity (Wildman–Crippen MR) is 93.5 cm³/mol. The molecule has 124 valence electrons. The first-order valence-corrected chi connectivity index (χ1v) is 9.07. The van der Waals surface area contributed by atoms with E-state index in [9.17, 15) is 8.42 Å². The molecule has 23 heavy (non-hydrogen) atoms. The molecule has 0 aliphatic carbocycles. The number of benzene rings is 1. The minimum atomic E-state index is -3.34. The molecule has 0 bridgehead atoms. The van der Waals surface area contributed by atoms with Crippen LogP contribution in [0, 0.1) is 0 Å². The van der Waals surface area contributed by atoms with Crippen LogP contribution in [0.5, 0.6) is 0 Å². The first-order valence-electron chi connectivity index (χ1n) is 7.42. The van der Waals surface area contributed by atoms with Gasteiger partial charge >= 0.3 is 0 Å². The van der Waals surface area contributed by atoms with Gasteiger partial charge in [-0.15, -0.1) is 10.2 Å². The van der Waals surface area contributed by atoms with E-state index in [1.807, 2.05) is 18.2 Å². The lowest BCUT2D eigenvalue weighted by molar-refractivity contribution is 0.592. The molecule has 0 amide bonds. The molecule has 2 N–H and O–H groups in total. The summed E-state index contributed by atoms with van der Waals surface area (Å²) < 4.78 is 25.4. The van der Waals surface area contributed by atoms with Crippen LogP contribution < -0.4 is 10.0 Å². The molecule has 0 saturated heterocycles. The van der Waals surface area contributed by atoms with Gasteiger partial charge in [0.15, 0.2) is 11.6 Å². The second-order valence-electron chi connectivity index (χ2n) is 6.23. The number of nitrogens with zero attached hydrogens (tertiary/aromatic N) is 2. The van der Waals surface area contributed by atoms with E-state index in [0.29, 0.717) is 5.82 Å². The quantitative estimate of drug-likeness (QED) is 0.876. The summed E-state index contributed by atoms with van der Waals surface area (Å²) in [5, 5.41) is 11.2. The van der Waals surface area contributed by atoms with Gasteiger partial charge in [-0.25, -0.2) is 8.42 Å². The highest BCUT2D eigenvalue weighted by molar-refractivity contribution is 7.92. The van der Waals surface area contributed by atoms with Gasteiger partial charge in [-0.1, -0.05) is 39.0 Å². The zero-order chi connectivity index (χ0) is 17.1. The van der Waals surface area contributed by atoms with Gasteiger partial charge < -0.3 is 5.32 Å². The minimum absolute atomic E-state index is 0.00623. The number of anilines is 3. The summed E-state index contributed by atoms with van der Waals surface area (Å²) in [6.45, 7) is 7.99. The van der Waals surface area contributed by atoms with Crippen molar-refractivity contribution in [1.82, 2.24) is 10.2 Å². The second kappa shape index (κ2) is 6.54. The van der Waals surface area contributed by atoms with Crippen LogP contribution in [0.1, 0.15) is 33.3 Å². The first kappa shape index (κ1) is 17.2. The third kappa shape index (κ3) is 4.66. The average molecular weight is 334 g/mol. The number of hydrogen-bond donors (Lipinski definition) is 2. The molecule has 0 saturated carbocycles. The van der Waals surface area contributed by atoms with E-state index in [2.05, 4.69) is 47.1 Å². The number of para-hydroxylation sites is 1. The normalized spacial score (nSPS) is 12.0. The monoisotopic (exact) mass is 334 g/mol. The number of sulfonamides is 1. The molecule has 6 nitrogen and oxygen atoms in total. The Hall–Kier alpha value is -2.15. The Kier molecular flexibility index (Phi) is 4.89. The summed E-state index contributed by atoms with van der Waals surface area (Å²) in [5.74, 6) is 0.760. The summed E-state index contributed by atoms with van der Waals surface area (Å²) >= 11 is 0. The summed E-state index contributed by atoms with van der Waals surface area (Å²) in [5.41, 5.74) is 2.11. The topological polar surface area (TPSA) is 84.0 Å². The summed E-state index contributed by atoms with van der Waals surface area (Å²) in [7, 11) is -3.34. The van der Waals surface area contributed by atoms with Crippen LogP contribution in [0.3, 0.4) is 0 Å². The van der Waals surface area contributed by atoms with Crippen molar-refractivity contribution in [3.8, 4) is 0 Å². The molecule has 2 aromatic rings. The van der Waals surface area contributed by atoms with Gasteiger partial charge in [0, 0.05) is 5.69 Å². The standard InChI is InChI=1S/C16H22N4O2S/c1-5-23(21,22)20-15-11-10-14(18-19-15)17-13-9-7-6-8-12(13)16(2,3)4/h6-11H,5H2,1-4H3,(H,17,18)(H,19,20). The molecular weight excluding hydrogens is 312 g/mol. The summed E-state index contributed by atoms with van der Waals surface area (Å²) in [4.78, 5) is 0. The van der Waals surface area contributed by atoms with Crippen molar-refractivity contribution in [2.45, 2.75) is 33.1 Å². The molecule has 0 spiro atoms. The fraction of sp³-hybridized carbons (Fsp3) is 0.375. The van der Waals surface area contributed by atoms with E-state index < -0.39 is 10.0 Å². The van der Waals surface area contributed by atoms with Crippen LogP contribution in [0.4, 0.5) is 17.3 Å². The molecule has 0 atom stereocenters.